The minimum absolute atomic E-state index is 0.0536. The lowest BCUT2D eigenvalue weighted by Crippen LogP contribution is -2.30. The number of carbonyl (C=O) groups is 1. The summed E-state index contributed by atoms with van der Waals surface area (Å²) in [6, 6.07) is 18.6. The smallest absolute Gasteiger partial charge is 0.238 e. The molecule has 0 bridgehead atoms. The fourth-order valence-electron chi connectivity index (χ4n) is 4.47. The number of carbonyl (C=O) groups excluding carboxylic acids is 1. The first-order valence-electron chi connectivity index (χ1n) is 11.8. The van der Waals surface area contributed by atoms with Gasteiger partial charge in [0.05, 0.1) is 7.11 Å². The molecule has 1 atom stereocenters. The van der Waals surface area contributed by atoms with Gasteiger partial charge in [0.1, 0.15) is 11.0 Å². The van der Waals surface area contributed by atoms with E-state index in [0.717, 1.165) is 53.5 Å². The monoisotopic (exact) mass is 462 g/mol. The number of thioether (sulfide) groups is 1. The average molecular weight is 463 g/mol. The van der Waals surface area contributed by atoms with Crippen molar-refractivity contribution >= 4 is 17.7 Å². The summed E-state index contributed by atoms with van der Waals surface area (Å²) in [5, 5.41) is 12.9. The van der Waals surface area contributed by atoms with Crippen molar-refractivity contribution in [3.05, 3.63) is 60.2 Å². The van der Waals surface area contributed by atoms with Crippen LogP contribution in [-0.4, -0.2) is 33.8 Å². The lowest BCUT2D eigenvalue weighted by Gasteiger charge is -2.26. The van der Waals surface area contributed by atoms with E-state index in [4.69, 9.17) is 4.74 Å². The number of nitrogens with one attached hydrogen (secondary N) is 1. The van der Waals surface area contributed by atoms with E-state index in [1.807, 2.05) is 54.6 Å². The van der Waals surface area contributed by atoms with Crippen LogP contribution in [0.3, 0.4) is 0 Å². The fraction of sp³-hybridized carbons (Fsp3) is 0.423. The molecule has 172 valence electrons. The molecule has 1 N–H and O–H groups in total. The third-order valence-electron chi connectivity index (χ3n) is 6.44. The van der Waals surface area contributed by atoms with Crippen LogP contribution in [-0.2, 0) is 4.79 Å². The van der Waals surface area contributed by atoms with E-state index in [1.165, 1.54) is 31.0 Å². The zero-order valence-corrected chi connectivity index (χ0v) is 19.8. The molecule has 3 aromatic rings. The molecular weight excluding hydrogens is 432 g/mol. The number of nitrogens with zero attached hydrogens (tertiary/aromatic N) is 3. The molecule has 2 aliphatic carbocycles. The van der Waals surface area contributed by atoms with E-state index >= 15 is 0 Å². The number of methoxy groups -OCH3 is 1. The number of amides is 1. The zero-order chi connectivity index (χ0) is 22.6. The van der Waals surface area contributed by atoms with Crippen molar-refractivity contribution in [3.8, 4) is 17.1 Å². The Hall–Kier alpha value is -2.80. The zero-order valence-electron chi connectivity index (χ0n) is 18.9. The van der Waals surface area contributed by atoms with Crippen molar-refractivity contribution in [1.82, 2.24) is 20.1 Å². The fourth-order valence-corrected chi connectivity index (χ4v) is 5.59. The minimum Gasteiger partial charge on any atom is -0.497 e. The molecule has 7 heteroatoms. The van der Waals surface area contributed by atoms with Crippen LogP contribution in [0.15, 0.2) is 59.8 Å². The Balaban J connectivity index is 1.51. The van der Waals surface area contributed by atoms with Crippen LogP contribution in [0.1, 0.15) is 61.8 Å². The van der Waals surface area contributed by atoms with E-state index in [2.05, 4.69) is 20.1 Å². The molecule has 2 aromatic carbocycles. The quantitative estimate of drug-likeness (QED) is 0.443. The van der Waals surface area contributed by atoms with E-state index < -0.39 is 0 Å². The Kier molecular flexibility index (Phi) is 6.67. The molecule has 2 aliphatic rings. The highest BCUT2D eigenvalue weighted by Gasteiger charge is 2.32. The second kappa shape index (κ2) is 10.00. The predicted octanol–water partition coefficient (Wildman–Crippen LogP) is 5.57. The van der Waals surface area contributed by atoms with Crippen molar-refractivity contribution < 1.29 is 9.53 Å². The van der Waals surface area contributed by atoms with Gasteiger partial charge in [0.2, 0.25) is 5.91 Å². The van der Waals surface area contributed by atoms with Crippen LogP contribution in [0.5, 0.6) is 5.75 Å². The second-order valence-corrected chi connectivity index (χ2v) is 9.96. The van der Waals surface area contributed by atoms with Gasteiger partial charge >= 0.3 is 0 Å². The largest absolute Gasteiger partial charge is 0.497 e. The lowest BCUT2D eigenvalue weighted by atomic mass is 9.95. The maximum atomic E-state index is 13.2. The highest BCUT2D eigenvalue weighted by molar-refractivity contribution is 8.00. The van der Waals surface area contributed by atoms with Gasteiger partial charge in [-0.05, 0) is 55.5 Å². The van der Waals surface area contributed by atoms with E-state index in [-0.39, 0.29) is 11.2 Å². The first kappa shape index (κ1) is 22.0. The number of hydrogen-bond donors (Lipinski definition) is 1. The van der Waals surface area contributed by atoms with Crippen LogP contribution in [0.2, 0.25) is 0 Å². The molecule has 0 saturated heterocycles. The maximum Gasteiger partial charge on any atom is 0.238 e. The third-order valence-corrected chi connectivity index (χ3v) is 7.65. The molecule has 2 saturated carbocycles. The van der Waals surface area contributed by atoms with Crippen LogP contribution < -0.4 is 10.1 Å². The number of rotatable bonds is 8. The number of hydrogen-bond acceptors (Lipinski definition) is 5. The summed E-state index contributed by atoms with van der Waals surface area (Å²) in [5.74, 6) is 1.73. The van der Waals surface area contributed by atoms with E-state index in [0.29, 0.717) is 12.1 Å². The van der Waals surface area contributed by atoms with Crippen molar-refractivity contribution in [1.29, 1.82) is 0 Å². The summed E-state index contributed by atoms with van der Waals surface area (Å²) in [5.41, 5.74) is 2.00. The van der Waals surface area contributed by atoms with Gasteiger partial charge in [0, 0.05) is 17.6 Å². The van der Waals surface area contributed by atoms with Gasteiger partial charge in [-0.2, -0.15) is 0 Å². The topological polar surface area (TPSA) is 69.0 Å². The molecule has 0 aliphatic heterocycles. The van der Waals surface area contributed by atoms with Crippen molar-refractivity contribution in [2.45, 2.75) is 67.4 Å². The van der Waals surface area contributed by atoms with E-state index in [1.54, 1.807) is 7.11 Å². The summed E-state index contributed by atoms with van der Waals surface area (Å²) < 4.78 is 7.61. The van der Waals surface area contributed by atoms with Crippen LogP contribution in [0, 0.1) is 0 Å². The molecule has 1 heterocycles. The summed E-state index contributed by atoms with van der Waals surface area (Å²) in [6.07, 6.45) is 8.04. The Morgan fingerprint density at radius 3 is 2.39 bits per heavy atom. The Bertz CT molecular complexity index is 1070. The number of benzene rings is 2. The average Bonchev–Trinajstić information content (AvgIpc) is 3.59. The molecule has 2 fully saturated rings. The predicted molar refractivity (Wildman–Crippen MR) is 130 cm³/mol. The first-order valence-corrected chi connectivity index (χ1v) is 12.7. The summed E-state index contributed by atoms with van der Waals surface area (Å²) >= 11 is 1.52. The Morgan fingerprint density at radius 1 is 1.00 bits per heavy atom. The SMILES string of the molecule is COc1ccc(-c2nnc(SC(C(=O)NC3CC3)c3ccccc3)n2C2CCCCC2)cc1. The Labute approximate surface area is 199 Å². The van der Waals surface area contributed by atoms with Gasteiger partial charge in [0.15, 0.2) is 11.0 Å². The number of ether oxygens (including phenoxy) is 1. The maximum absolute atomic E-state index is 13.2. The van der Waals surface area contributed by atoms with Gasteiger partial charge in [-0.15, -0.1) is 10.2 Å². The lowest BCUT2D eigenvalue weighted by molar-refractivity contribution is -0.120. The van der Waals surface area contributed by atoms with Crippen molar-refractivity contribution in [2.24, 2.45) is 0 Å². The highest BCUT2D eigenvalue weighted by Crippen LogP contribution is 2.41. The molecule has 0 radical (unpaired) electrons. The van der Waals surface area contributed by atoms with E-state index in [9.17, 15) is 4.79 Å². The molecule has 1 aromatic heterocycles. The van der Waals surface area contributed by atoms with Gasteiger partial charge < -0.3 is 10.1 Å². The van der Waals surface area contributed by atoms with Crippen LogP contribution in [0.25, 0.3) is 11.4 Å². The molecule has 6 nitrogen and oxygen atoms in total. The summed E-state index contributed by atoms with van der Waals surface area (Å²) in [6.45, 7) is 0. The molecular formula is C26H30N4O2S. The molecule has 1 unspecified atom stereocenters. The minimum atomic E-state index is -0.359. The molecule has 5 rings (SSSR count). The van der Waals surface area contributed by atoms with Crippen molar-refractivity contribution in [2.75, 3.05) is 7.11 Å². The summed E-state index contributed by atoms with van der Waals surface area (Å²) in [4.78, 5) is 13.2. The highest BCUT2D eigenvalue weighted by atomic mass is 32.2. The van der Waals surface area contributed by atoms with Crippen molar-refractivity contribution in [3.63, 3.8) is 0 Å². The van der Waals surface area contributed by atoms with Gasteiger partial charge in [-0.1, -0.05) is 61.4 Å². The van der Waals surface area contributed by atoms with Crippen LogP contribution >= 0.6 is 11.8 Å². The molecule has 1 amide bonds. The second-order valence-electron chi connectivity index (χ2n) is 8.89. The summed E-state index contributed by atoms with van der Waals surface area (Å²) in [7, 11) is 1.67. The normalized spacial score (nSPS) is 17.5. The van der Waals surface area contributed by atoms with Gasteiger partial charge in [-0.25, -0.2) is 0 Å². The first-order chi connectivity index (χ1) is 16.2. The molecule has 33 heavy (non-hydrogen) atoms. The number of aromatic nitrogens is 3. The van der Waals surface area contributed by atoms with Gasteiger partial charge in [0.25, 0.3) is 0 Å². The Morgan fingerprint density at radius 2 is 1.73 bits per heavy atom. The standard InChI is InChI=1S/C26H30N4O2S/c1-32-22-16-12-19(13-17-22)24-28-29-26(30(24)21-10-6-3-7-11-21)33-23(18-8-4-2-5-9-18)25(31)27-20-14-15-20/h2,4-5,8-9,12-13,16-17,20-21,23H,3,6-7,10-11,14-15H2,1H3,(H,27,31). The van der Waals surface area contributed by atoms with Gasteiger partial charge in [-0.3, -0.25) is 9.36 Å². The molecule has 0 spiro atoms. The van der Waals surface area contributed by atoms with Crippen LogP contribution in [0.4, 0.5) is 0 Å². The third kappa shape index (κ3) is 5.08.